The minimum Gasteiger partial charge on any atom is -0.323 e. The topological polar surface area (TPSA) is 116 Å². The van der Waals surface area contributed by atoms with E-state index in [4.69, 9.17) is 0 Å². The predicted molar refractivity (Wildman–Crippen MR) is 121 cm³/mol. The van der Waals surface area contributed by atoms with Crippen molar-refractivity contribution >= 4 is 29.0 Å². The summed E-state index contributed by atoms with van der Waals surface area (Å²) in [6.45, 7) is 0.474. The van der Waals surface area contributed by atoms with E-state index in [-0.39, 0.29) is 17.1 Å². The van der Waals surface area contributed by atoms with Crippen LogP contribution < -0.4 is 5.32 Å². The van der Waals surface area contributed by atoms with Crippen molar-refractivity contribution in [3.05, 3.63) is 94.6 Å². The summed E-state index contributed by atoms with van der Waals surface area (Å²) in [6, 6.07) is 16.3. The van der Waals surface area contributed by atoms with Crippen LogP contribution in [-0.4, -0.2) is 36.3 Å². The van der Waals surface area contributed by atoms with Gasteiger partial charge in [-0.1, -0.05) is 42.1 Å². The number of carbonyl (C=O) groups excluding carboxylic acids is 1. The summed E-state index contributed by atoms with van der Waals surface area (Å²) < 4.78 is 15.9. The maximum absolute atomic E-state index is 14.0. The number of carbonyl (C=O) groups is 1. The number of non-ortho nitro benzene ring substituents is 1. The first-order chi connectivity index (χ1) is 16.0. The van der Waals surface area contributed by atoms with Gasteiger partial charge in [-0.2, -0.15) is 0 Å². The summed E-state index contributed by atoms with van der Waals surface area (Å²) in [4.78, 5) is 26.8. The smallest absolute Gasteiger partial charge is 0.271 e. The molecule has 2 aromatic heterocycles. The van der Waals surface area contributed by atoms with Crippen molar-refractivity contribution in [3.8, 4) is 11.4 Å². The third kappa shape index (κ3) is 5.39. The Bertz CT molecular complexity index is 1280. The molecule has 1 amide bonds. The van der Waals surface area contributed by atoms with Crippen LogP contribution in [0.4, 0.5) is 15.8 Å². The highest BCUT2D eigenvalue weighted by atomic mass is 32.2. The summed E-state index contributed by atoms with van der Waals surface area (Å²) in [5.74, 6) is -0.788. The molecule has 0 unspecified atom stereocenters. The predicted octanol–water partition coefficient (Wildman–Crippen LogP) is 4.17. The van der Waals surface area contributed by atoms with Gasteiger partial charge in [0.15, 0.2) is 11.0 Å². The van der Waals surface area contributed by atoms with Gasteiger partial charge in [-0.05, 0) is 23.8 Å². The Hall–Kier alpha value is -4.12. The average molecular weight is 464 g/mol. The monoisotopic (exact) mass is 464 g/mol. The largest absolute Gasteiger partial charge is 0.323 e. The standard InChI is InChI=1S/C22H17FN6O3S/c23-18-9-8-17(29(31)32)11-19(18)25-20(30)14-33-22-27-26-21(16-7-4-10-24-12-16)28(22)13-15-5-2-1-3-6-15/h1-12H,13-14H2,(H,25,30). The summed E-state index contributed by atoms with van der Waals surface area (Å²) >= 11 is 1.13. The van der Waals surface area contributed by atoms with Crippen molar-refractivity contribution in [3.63, 3.8) is 0 Å². The van der Waals surface area contributed by atoms with Crippen LogP contribution in [0, 0.1) is 15.9 Å². The van der Waals surface area contributed by atoms with Gasteiger partial charge in [0.2, 0.25) is 5.91 Å². The second kappa shape index (κ2) is 10.0. The number of aromatic nitrogens is 4. The van der Waals surface area contributed by atoms with Crippen molar-refractivity contribution in [1.29, 1.82) is 0 Å². The van der Waals surface area contributed by atoms with Gasteiger partial charge in [0.25, 0.3) is 5.69 Å². The average Bonchev–Trinajstić information content (AvgIpc) is 3.22. The lowest BCUT2D eigenvalue weighted by Gasteiger charge is -2.11. The highest BCUT2D eigenvalue weighted by Gasteiger charge is 2.18. The molecule has 11 heteroatoms. The van der Waals surface area contributed by atoms with Gasteiger partial charge in [0.1, 0.15) is 5.82 Å². The van der Waals surface area contributed by atoms with Crippen molar-refractivity contribution < 1.29 is 14.1 Å². The number of nitrogens with zero attached hydrogens (tertiary/aromatic N) is 5. The lowest BCUT2D eigenvalue weighted by Crippen LogP contribution is -2.16. The summed E-state index contributed by atoms with van der Waals surface area (Å²) in [6.07, 6.45) is 3.34. The number of hydrogen-bond donors (Lipinski definition) is 1. The number of amides is 1. The molecule has 1 N–H and O–H groups in total. The van der Waals surface area contributed by atoms with Crippen molar-refractivity contribution in [2.24, 2.45) is 0 Å². The second-order valence-electron chi connectivity index (χ2n) is 6.88. The quantitative estimate of drug-likeness (QED) is 0.236. The van der Waals surface area contributed by atoms with Gasteiger partial charge < -0.3 is 5.32 Å². The fourth-order valence-electron chi connectivity index (χ4n) is 3.05. The van der Waals surface area contributed by atoms with Crippen LogP contribution in [0.1, 0.15) is 5.56 Å². The molecular weight excluding hydrogens is 447 g/mol. The normalized spacial score (nSPS) is 10.7. The van der Waals surface area contributed by atoms with Gasteiger partial charge in [-0.25, -0.2) is 4.39 Å². The molecule has 0 atom stereocenters. The number of rotatable bonds is 8. The molecular formula is C22H17FN6O3S. The molecule has 0 fully saturated rings. The molecule has 0 radical (unpaired) electrons. The molecule has 0 saturated carbocycles. The van der Waals surface area contributed by atoms with E-state index in [9.17, 15) is 19.3 Å². The molecule has 0 aliphatic heterocycles. The highest BCUT2D eigenvalue weighted by Crippen LogP contribution is 2.26. The molecule has 2 heterocycles. The number of nitrogens with one attached hydrogen (secondary N) is 1. The zero-order chi connectivity index (χ0) is 23.2. The van der Waals surface area contributed by atoms with Crippen molar-refractivity contribution in [2.45, 2.75) is 11.7 Å². The van der Waals surface area contributed by atoms with Gasteiger partial charge in [-0.15, -0.1) is 10.2 Å². The molecule has 0 saturated heterocycles. The summed E-state index contributed by atoms with van der Waals surface area (Å²) in [7, 11) is 0. The van der Waals surface area contributed by atoms with Crippen LogP contribution in [-0.2, 0) is 11.3 Å². The van der Waals surface area contributed by atoms with E-state index in [0.717, 1.165) is 41.1 Å². The van der Waals surface area contributed by atoms with Crippen molar-refractivity contribution in [2.75, 3.05) is 11.1 Å². The Morgan fingerprint density at radius 2 is 1.94 bits per heavy atom. The zero-order valence-corrected chi connectivity index (χ0v) is 17.9. The number of nitro groups is 1. The van der Waals surface area contributed by atoms with E-state index in [1.165, 1.54) is 0 Å². The third-order valence-electron chi connectivity index (χ3n) is 4.59. The SMILES string of the molecule is O=C(CSc1nnc(-c2cccnc2)n1Cc1ccccc1)Nc1cc([N+](=O)[O-])ccc1F. The van der Waals surface area contributed by atoms with Gasteiger partial charge in [-0.3, -0.25) is 24.5 Å². The van der Waals surface area contributed by atoms with Gasteiger partial charge in [0, 0.05) is 30.1 Å². The fraction of sp³-hybridized carbons (Fsp3) is 0.0909. The Labute approximate surface area is 191 Å². The number of thioether (sulfide) groups is 1. The lowest BCUT2D eigenvalue weighted by atomic mass is 10.2. The fourth-order valence-corrected chi connectivity index (χ4v) is 3.79. The van der Waals surface area contributed by atoms with E-state index in [2.05, 4.69) is 20.5 Å². The van der Waals surface area contributed by atoms with Crippen LogP contribution in [0.3, 0.4) is 0 Å². The van der Waals surface area contributed by atoms with E-state index in [0.29, 0.717) is 17.5 Å². The van der Waals surface area contributed by atoms with Crippen LogP contribution in [0.5, 0.6) is 0 Å². The van der Waals surface area contributed by atoms with E-state index >= 15 is 0 Å². The maximum atomic E-state index is 14.0. The Balaban J connectivity index is 1.53. The molecule has 4 rings (SSSR count). The van der Waals surface area contributed by atoms with Crippen LogP contribution in [0.15, 0.2) is 78.2 Å². The number of pyridine rings is 1. The molecule has 0 aliphatic rings. The number of anilines is 1. The molecule has 0 spiro atoms. The van der Waals surface area contributed by atoms with Crippen LogP contribution in [0.25, 0.3) is 11.4 Å². The molecule has 33 heavy (non-hydrogen) atoms. The Morgan fingerprint density at radius 3 is 2.67 bits per heavy atom. The Kier molecular flexibility index (Phi) is 6.69. The zero-order valence-electron chi connectivity index (χ0n) is 17.1. The minimum absolute atomic E-state index is 0.0951. The molecule has 9 nitrogen and oxygen atoms in total. The number of nitro benzene ring substituents is 1. The number of hydrogen-bond acceptors (Lipinski definition) is 7. The lowest BCUT2D eigenvalue weighted by molar-refractivity contribution is -0.384. The Morgan fingerprint density at radius 1 is 1.12 bits per heavy atom. The number of benzene rings is 2. The maximum Gasteiger partial charge on any atom is 0.271 e. The number of halogens is 1. The first-order valence-corrected chi connectivity index (χ1v) is 10.7. The minimum atomic E-state index is -0.759. The van der Waals surface area contributed by atoms with E-state index in [1.807, 2.05) is 41.0 Å². The summed E-state index contributed by atoms with van der Waals surface area (Å²) in [5, 5.41) is 22.3. The third-order valence-corrected chi connectivity index (χ3v) is 5.55. The molecule has 166 valence electrons. The summed E-state index contributed by atoms with van der Waals surface area (Å²) in [5.41, 5.74) is 1.22. The molecule has 2 aromatic carbocycles. The molecule has 0 bridgehead atoms. The first-order valence-electron chi connectivity index (χ1n) is 9.75. The van der Waals surface area contributed by atoms with Crippen LogP contribution in [0.2, 0.25) is 0 Å². The first kappa shape index (κ1) is 22.1. The van der Waals surface area contributed by atoms with Crippen molar-refractivity contribution in [1.82, 2.24) is 19.7 Å². The van der Waals surface area contributed by atoms with E-state index in [1.54, 1.807) is 18.5 Å². The van der Waals surface area contributed by atoms with Gasteiger partial charge in [0.05, 0.1) is 22.9 Å². The molecule has 4 aromatic rings. The van der Waals surface area contributed by atoms with Crippen LogP contribution >= 0.6 is 11.8 Å². The highest BCUT2D eigenvalue weighted by molar-refractivity contribution is 7.99. The molecule has 0 aliphatic carbocycles. The van der Waals surface area contributed by atoms with E-state index < -0.39 is 16.6 Å². The van der Waals surface area contributed by atoms with Gasteiger partial charge >= 0.3 is 0 Å². The second-order valence-corrected chi connectivity index (χ2v) is 7.82.